The van der Waals surface area contributed by atoms with Crippen LogP contribution in [0, 0.1) is 0 Å². The van der Waals surface area contributed by atoms with Gasteiger partial charge in [0.25, 0.3) is 0 Å². The molecule has 0 saturated carbocycles. The lowest BCUT2D eigenvalue weighted by Crippen LogP contribution is -2.05. The molecule has 0 spiro atoms. The predicted molar refractivity (Wildman–Crippen MR) is 75.5 cm³/mol. The van der Waals surface area contributed by atoms with E-state index in [0.717, 1.165) is 5.76 Å². The highest BCUT2D eigenvalue weighted by atomic mass is 35.5. The van der Waals surface area contributed by atoms with Crippen molar-refractivity contribution in [2.24, 2.45) is 0 Å². The molecule has 6 nitrogen and oxygen atoms in total. The molecule has 0 aliphatic rings. The van der Waals surface area contributed by atoms with Crippen LogP contribution in [0.3, 0.4) is 0 Å². The second-order valence-electron chi connectivity index (χ2n) is 4.46. The van der Waals surface area contributed by atoms with Crippen molar-refractivity contribution in [3.05, 3.63) is 52.8 Å². The summed E-state index contributed by atoms with van der Waals surface area (Å²) in [5, 5.41) is 8.52. The molecule has 0 radical (unpaired) electrons. The van der Waals surface area contributed by atoms with Crippen molar-refractivity contribution < 1.29 is 13.9 Å². The van der Waals surface area contributed by atoms with Crippen LogP contribution >= 0.6 is 11.6 Å². The second kappa shape index (κ2) is 5.57. The standard InChI is InChI=1S/C14H12ClN3O3/c1-20-14(19)9-7-11(15)13-17-16-12(18(13)8-9)5-4-10-3-2-6-21-10/h2-3,6-8H,4-5H2,1H3. The SMILES string of the molecule is COC(=O)c1cc(Cl)c2nnc(CCc3ccco3)n2c1. The number of nitrogens with zero attached hydrogens (tertiary/aromatic N) is 3. The number of hydrogen-bond donors (Lipinski definition) is 0. The second-order valence-corrected chi connectivity index (χ2v) is 4.86. The Morgan fingerprint density at radius 3 is 3.00 bits per heavy atom. The zero-order chi connectivity index (χ0) is 14.8. The largest absolute Gasteiger partial charge is 0.469 e. The lowest BCUT2D eigenvalue weighted by molar-refractivity contribution is 0.0600. The first-order chi connectivity index (χ1) is 10.2. The number of aryl methyl sites for hydroxylation is 2. The summed E-state index contributed by atoms with van der Waals surface area (Å²) < 4.78 is 11.7. The Morgan fingerprint density at radius 1 is 1.43 bits per heavy atom. The fraction of sp³-hybridized carbons (Fsp3) is 0.214. The number of methoxy groups -OCH3 is 1. The van der Waals surface area contributed by atoms with Crippen molar-refractivity contribution in [2.75, 3.05) is 7.11 Å². The Labute approximate surface area is 125 Å². The van der Waals surface area contributed by atoms with Gasteiger partial charge in [-0.05, 0) is 18.2 Å². The van der Waals surface area contributed by atoms with Crippen LogP contribution in [-0.4, -0.2) is 27.7 Å². The number of halogens is 1. The van der Waals surface area contributed by atoms with E-state index in [9.17, 15) is 4.79 Å². The lowest BCUT2D eigenvalue weighted by Gasteiger charge is -2.04. The molecule has 0 N–H and O–H groups in total. The van der Waals surface area contributed by atoms with Crippen molar-refractivity contribution in [1.82, 2.24) is 14.6 Å². The number of aromatic nitrogens is 3. The summed E-state index contributed by atoms with van der Waals surface area (Å²) in [4.78, 5) is 11.6. The molecule has 0 bridgehead atoms. The van der Waals surface area contributed by atoms with Crippen LogP contribution in [0.25, 0.3) is 5.65 Å². The van der Waals surface area contributed by atoms with E-state index < -0.39 is 5.97 Å². The minimum absolute atomic E-state index is 0.356. The Hall–Kier alpha value is -2.34. The zero-order valence-electron chi connectivity index (χ0n) is 11.2. The first-order valence-corrected chi connectivity index (χ1v) is 6.70. The average Bonchev–Trinajstić information content (AvgIpc) is 3.13. The summed E-state index contributed by atoms with van der Waals surface area (Å²) in [6.07, 6.45) is 4.57. The Balaban J connectivity index is 1.95. The summed E-state index contributed by atoms with van der Waals surface area (Å²) in [5.41, 5.74) is 0.868. The fourth-order valence-electron chi connectivity index (χ4n) is 2.09. The van der Waals surface area contributed by atoms with Crippen molar-refractivity contribution in [3.63, 3.8) is 0 Å². The average molecular weight is 306 g/mol. The number of carbonyl (C=O) groups excluding carboxylic acids is 1. The summed E-state index contributed by atoms with van der Waals surface area (Å²) in [7, 11) is 1.32. The Kier molecular flexibility index (Phi) is 3.62. The van der Waals surface area contributed by atoms with Gasteiger partial charge in [-0.15, -0.1) is 10.2 Å². The van der Waals surface area contributed by atoms with Crippen molar-refractivity contribution >= 4 is 23.2 Å². The lowest BCUT2D eigenvalue weighted by atomic mass is 10.2. The predicted octanol–water partition coefficient (Wildman–Crippen LogP) is 2.55. The third-order valence-corrected chi connectivity index (χ3v) is 3.40. The van der Waals surface area contributed by atoms with E-state index in [4.69, 9.17) is 20.8 Å². The highest BCUT2D eigenvalue weighted by Crippen LogP contribution is 2.20. The number of rotatable bonds is 4. The minimum Gasteiger partial charge on any atom is -0.469 e. The van der Waals surface area contributed by atoms with Crippen molar-refractivity contribution in [2.45, 2.75) is 12.8 Å². The van der Waals surface area contributed by atoms with Crippen LogP contribution in [0.5, 0.6) is 0 Å². The molecular formula is C14H12ClN3O3. The molecule has 0 unspecified atom stereocenters. The summed E-state index contributed by atoms with van der Waals surface area (Å²) >= 11 is 6.13. The summed E-state index contributed by atoms with van der Waals surface area (Å²) in [6.45, 7) is 0. The highest BCUT2D eigenvalue weighted by Gasteiger charge is 2.14. The van der Waals surface area contributed by atoms with Crippen LogP contribution in [0.1, 0.15) is 21.9 Å². The molecular weight excluding hydrogens is 294 g/mol. The molecule has 7 heteroatoms. The number of furan rings is 1. The topological polar surface area (TPSA) is 69.6 Å². The molecule has 0 atom stereocenters. The molecule has 0 aromatic carbocycles. The van der Waals surface area contributed by atoms with Gasteiger partial charge in [-0.3, -0.25) is 4.40 Å². The van der Waals surface area contributed by atoms with Crippen LogP contribution < -0.4 is 0 Å². The fourth-order valence-corrected chi connectivity index (χ4v) is 2.34. The molecule has 108 valence electrons. The van der Waals surface area contributed by atoms with E-state index in [2.05, 4.69) is 10.2 Å². The van der Waals surface area contributed by atoms with Crippen LogP contribution in [0.4, 0.5) is 0 Å². The molecule has 3 rings (SSSR count). The molecule has 0 amide bonds. The number of pyridine rings is 1. The molecule has 0 fully saturated rings. The van der Waals surface area contributed by atoms with E-state index in [1.165, 1.54) is 13.2 Å². The Morgan fingerprint density at radius 2 is 2.29 bits per heavy atom. The smallest absolute Gasteiger partial charge is 0.339 e. The van der Waals surface area contributed by atoms with Gasteiger partial charge in [0.1, 0.15) is 11.6 Å². The Bertz CT molecular complexity index is 780. The van der Waals surface area contributed by atoms with E-state index >= 15 is 0 Å². The van der Waals surface area contributed by atoms with Crippen LogP contribution in [-0.2, 0) is 17.6 Å². The van der Waals surface area contributed by atoms with Crippen LogP contribution in [0.2, 0.25) is 5.02 Å². The van der Waals surface area contributed by atoms with Crippen LogP contribution in [0.15, 0.2) is 35.1 Å². The minimum atomic E-state index is -0.454. The van der Waals surface area contributed by atoms with E-state index in [-0.39, 0.29) is 0 Å². The third kappa shape index (κ3) is 2.62. The molecule has 0 saturated heterocycles. The van der Waals surface area contributed by atoms with E-state index in [1.54, 1.807) is 16.9 Å². The third-order valence-electron chi connectivity index (χ3n) is 3.13. The van der Waals surface area contributed by atoms with Crippen molar-refractivity contribution in [3.8, 4) is 0 Å². The summed E-state index contributed by atoms with van der Waals surface area (Å²) in [5.74, 6) is 1.11. The maximum atomic E-state index is 11.6. The van der Waals surface area contributed by atoms with Gasteiger partial charge in [-0.2, -0.15) is 0 Å². The van der Waals surface area contributed by atoms with Gasteiger partial charge in [0, 0.05) is 19.0 Å². The van der Waals surface area contributed by atoms with Gasteiger partial charge < -0.3 is 9.15 Å². The molecule has 0 aliphatic heterocycles. The number of ether oxygens (including phenoxy) is 1. The zero-order valence-corrected chi connectivity index (χ0v) is 12.0. The number of carbonyl (C=O) groups is 1. The van der Waals surface area contributed by atoms with Crippen molar-refractivity contribution in [1.29, 1.82) is 0 Å². The van der Waals surface area contributed by atoms with Gasteiger partial charge >= 0.3 is 5.97 Å². The first kappa shape index (κ1) is 13.6. The van der Waals surface area contributed by atoms with E-state index in [1.807, 2.05) is 12.1 Å². The molecule has 0 aliphatic carbocycles. The molecule has 21 heavy (non-hydrogen) atoms. The van der Waals surface area contributed by atoms with Gasteiger partial charge in [0.2, 0.25) is 0 Å². The van der Waals surface area contributed by atoms with E-state index in [0.29, 0.717) is 34.9 Å². The maximum Gasteiger partial charge on any atom is 0.339 e. The number of fused-ring (bicyclic) bond motifs is 1. The monoisotopic (exact) mass is 305 g/mol. The normalized spacial score (nSPS) is 11.0. The maximum absolute atomic E-state index is 11.6. The molecule has 3 aromatic heterocycles. The number of esters is 1. The first-order valence-electron chi connectivity index (χ1n) is 6.33. The molecule has 3 aromatic rings. The van der Waals surface area contributed by atoms with Gasteiger partial charge in [-0.1, -0.05) is 11.6 Å². The summed E-state index contributed by atoms with van der Waals surface area (Å²) in [6, 6.07) is 5.26. The quantitative estimate of drug-likeness (QED) is 0.693. The van der Waals surface area contributed by atoms with Gasteiger partial charge in [0.05, 0.1) is 24.0 Å². The highest BCUT2D eigenvalue weighted by molar-refractivity contribution is 6.33. The molecule has 3 heterocycles. The van der Waals surface area contributed by atoms with Gasteiger partial charge in [-0.25, -0.2) is 4.79 Å². The number of hydrogen-bond acceptors (Lipinski definition) is 5. The van der Waals surface area contributed by atoms with Gasteiger partial charge in [0.15, 0.2) is 5.65 Å².